The first-order valence-electron chi connectivity index (χ1n) is 19.7. The van der Waals surface area contributed by atoms with Gasteiger partial charge in [-0.15, -0.1) is 30.1 Å². The molecule has 24 heteroatoms. The summed E-state index contributed by atoms with van der Waals surface area (Å²) in [5, 5.41) is 117. The molecule has 60 heavy (non-hydrogen) atoms. The Hall–Kier alpha value is -0.240. The van der Waals surface area contributed by atoms with Crippen molar-refractivity contribution in [3.05, 3.63) is 12.7 Å². The normalized spacial score (nSPS) is 35.0. The summed E-state index contributed by atoms with van der Waals surface area (Å²) < 4.78 is 40.0. The van der Waals surface area contributed by atoms with Gasteiger partial charge in [-0.1, -0.05) is 6.08 Å². The van der Waals surface area contributed by atoms with E-state index in [-0.39, 0.29) is 33.0 Å². The molecule has 0 aromatic rings. The van der Waals surface area contributed by atoms with Crippen LogP contribution in [0.1, 0.15) is 12.8 Å². The third-order valence-corrected chi connectivity index (χ3v) is 13.8. The van der Waals surface area contributed by atoms with Crippen LogP contribution >= 0.6 is 47.5 Å². The van der Waals surface area contributed by atoms with Crippen molar-refractivity contribution in [2.45, 2.75) is 103 Å². The van der Waals surface area contributed by atoms with Gasteiger partial charge in [-0.25, -0.2) is 0 Å². The monoisotopic (exact) mass is 942 g/mol. The van der Waals surface area contributed by atoms with Crippen LogP contribution in [0.15, 0.2) is 12.7 Å². The van der Waals surface area contributed by atoms with Crippen LogP contribution in [0.3, 0.4) is 0 Å². The fraction of sp³-hybridized carbons (Fsp3) is 0.917. The zero-order chi connectivity index (χ0) is 44.2. The van der Waals surface area contributed by atoms with Crippen molar-refractivity contribution in [1.82, 2.24) is 10.6 Å². The first kappa shape index (κ1) is 54.1. The molecule has 0 aromatic carbocycles. The highest BCUT2D eigenvalue weighted by molar-refractivity contribution is 8.00. The molecule has 3 rings (SSSR count). The molecule has 0 spiro atoms. The fourth-order valence-corrected chi connectivity index (χ4v) is 9.65. The van der Waals surface area contributed by atoms with Crippen LogP contribution < -0.4 is 10.6 Å². The van der Waals surface area contributed by atoms with Crippen LogP contribution in [-0.2, 0) is 33.2 Å². The van der Waals surface area contributed by atoms with Crippen molar-refractivity contribution in [3.8, 4) is 0 Å². The maximum absolute atomic E-state index is 10.4. The van der Waals surface area contributed by atoms with Gasteiger partial charge in [0.2, 0.25) is 0 Å². The Morgan fingerprint density at radius 2 is 1.17 bits per heavy atom. The van der Waals surface area contributed by atoms with Gasteiger partial charge in [0.15, 0.2) is 11.4 Å². The lowest BCUT2D eigenvalue weighted by molar-refractivity contribution is -0.284. The SMILES string of the molecule is C=CCOCC(CNC(=S)NCCSC[C@H]1O[C@H](OC)[C@H](O)[C@@H](O)[C@@H]1O)(COCCCS[C@H]1O[C@H](CO)[C@@H](O)[C@H](O)[C@@H]1O)COCCCS[C@H]1O[C@H](CO)[C@@H](O)[C@H](O)[C@@H]1O. The quantitative estimate of drug-likeness (QED) is 0.0201. The van der Waals surface area contributed by atoms with Crippen LogP contribution in [0.2, 0.25) is 0 Å². The van der Waals surface area contributed by atoms with Gasteiger partial charge >= 0.3 is 0 Å². The zero-order valence-electron chi connectivity index (χ0n) is 33.7. The third kappa shape index (κ3) is 16.6. The maximum Gasteiger partial charge on any atom is 0.186 e. The third-order valence-electron chi connectivity index (χ3n) is 9.93. The summed E-state index contributed by atoms with van der Waals surface area (Å²) in [7, 11) is 1.34. The first-order valence-corrected chi connectivity index (χ1v) is 23.4. The van der Waals surface area contributed by atoms with Gasteiger partial charge in [-0.3, -0.25) is 0 Å². The van der Waals surface area contributed by atoms with E-state index in [4.69, 9.17) is 45.4 Å². The molecule has 0 aliphatic carbocycles. The average molecular weight is 943 g/mol. The molecule has 352 valence electrons. The molecule has 0 aromatic heterocycles. The average Bonchev–Trinajstić information content (AvgIpc) is 3.24. The molecule has 0 bridgehead atoms. The molecule has 0 amide bonds. The van der Waals surface area contributed by atoms with E-state index >= 15 is 0 Å². The second-order valence-electron chi connectivity index (χ2n) is 14.7. The molecule has 0 saturated carbocycles. The molecular weight excluding hydrogens is 877 g/mol. The van der Waals surface area contributed by atoms with Crippen LogP contribution in [0.4, 0.5) is 0 Å². The lowest BCUT2D eigenvalue weighted by Gasteiger charge is -2.39. The fourth-order valence-electron chi connectivity index (χ4n) is 6.36. The summed E-state index contributed by atoms with van der Waals surface area (Å²) in [6.45, 7) is 4.81. The Labute approximate surface area is 368 Å². The van der Waals surface area contributed by atoms with Crippen molar-refractivity contribution < 1.29 is 89.3 Å². The van der Waals surface area contributed by atoms with Crippen LogP contribution in [0, 0.1) is 5.41 Å². The number of methoxy groups -OCH3 is 1. The lowest BCUT2D eigenvalue weighted by Crippen LogP contribution is -2.58. The standard InChI is InChI=1S/C36H66N2O18S4/c1-3-7-51-17-36(18-52-8-4-10-59-33-30(48)27(45)23(41)20(13-39)55-33,19-53-9-5-11-60-34-31(49)28(46)24(42)21(14-40)56-34)16-38-35(57)37-6-12-58-15-22-25(43)26(44)29(47)32(50-2)54-22/h3,20-34,39-49H,1,4-19H2,2H3,(H2,37,38,57)/t20-,21-,22-,23-,24-,25-,26+,27+,28+,29-,30+,31+,32+,33-,34-/m1/s1. The molecule has 3 heterocycles. The number of hydrogen-bond donors (Lipinski definition) is 13. The summed E-state index contributed by atoms with van der Waals surface area (Å²) in [4.78, 5) is 0. The number of thioether (sulfide) groups is 3. The minimum atomic E-state index is -1.46. The topological polar surface area (TPSA) is 311 Å². The molecule has 3 aliphatic heterocycles. The first-order chi connectivity index (χ1) is 28.7. The van der Waals surface area contributed by atoms with Crippen molar-refractivity contribution in [2.24, 2.45) is 5.41 Å². The Bertz CT molecular complexity index is 1160. The molecule has 20 nitrogen and oxygen atoms in total. The number of aliphatic hydroxyl groups excluding tert-OH is 11. The molecule has 3 saturated heterocycles. The van der Waals surface area contributed by atoms with Gasteiger partial charge in [0, 0.05) is 44.9 Å². The van der Waals surface area contributed by atoms with Crippen molar-refractivity contribution >= 4 is 52.6 Å². The van der Waals surface area contributed by atoms with E-state index in [1.807, 2.05) is 0 Å². The molecule has 15 atom stereocenters. The predicted octanol–water partition coefficient (Wildman–Crippen LogP) is -4.29. The van der Waals surface area contributed by atoms with Crippen molar-refractivity contribution in [1.29, 1.82) is 0 Å². The number of nitrogens with one attached hydrogen (secondary N) is 2. The highest BCUT2D eigenvalue weighted by Crippen LogP contribution is 2.31. The van der Waals surface area contributed by atoms with Crippen LogP contribution in [0.25, 0.3) is 0 Å². The van der Waals surface area contributed by atoms with E-state index in [0.29, 0.717) is 60.7 Å². The zero-order valence-corrected chi connectivity index (χ0v) is 36.9. The van der Waals surface area contributed by atoms with Gasteiger partial charge < -0.3 is 100.0 Å². The summed E-state index contributed by atoms with van der Waals surface area (Å²) in [5.41, 5.74) is -2.48. The van der Waals surface area contributed by atoms with E-state index < -0.39 is 109 Å². The molecule has 0 unspecified atom stereocenters. The lowest BCUT2D eigenvalue weighted by atomic mass is 9.91. The highest BCUT2D eigenvalue weighted by atomic mass is 32.2. The molecular formula is C36H66N2O18S4. The predicted molar refractivity (Wildman–Crippen MR) is 226 cm³/mol. The van der Waals surface area contributed by atoms with Gasteiger partial charge in [-0.05, 0) is 36.6 Å². The van der Waals surface area contributed by atoms with E-state index in [2.05, 4.69) is 17.2 Å². The maximum atomic E-state index is 10.4. The van der Waals surface area contributed by atoms with Gasteiger partial charge in [0.25, 0.3) is 0 Å². The number of aliphatic hydroxyl groups is 11. The Morgan fingerprint density at radius 3 is 1.67 bits per heavy atom. The summed E-state index contributed by atoms with van der Waals surface area (Å²) in [5.74, 6) is 1.83. The molecule has 0 radical (unpaired) electrons. The minimum Gasteiger partial charge on any atom is -0.394 e. The van der Waals surface area contributed by atoms with E-state index in [0.717, 1.165) is 0 Å². The molecule has 3 aliphatic rings. The van der Waals surface area contributed by atoms with Crippen molar-refractivity contribution in [2.75, 3.05) is 96.1 Å². The highest BCUT2D eigenvalue weighted by Gasteiger charge is 2.45. The van der Waals surface area contributed by atoms with Gasteiger partial charge in [0.1, 0.15) is 78.0 Å². The number of hydrogen-bond acceptors (Lipinski definition) is 22. The van der Waals surface area contributed by atoms with E-state index in [1.165, 1.54) is 42.4 Å². The van der Waals surface area contributed by atoms with Crippen LogP contribution in [0.5, 0.6) is 0 Å². The number of ether oxygens (including phenoxy) is 7. The Morgan fingerprint density at radius 1 is 0.667 bits per heavy atom. The molecule has 13 N–H and O–H groups in total. The Kier molecular flexibility index (Phi) is 25.8. The molecule has 3 fully saturated rings. The van der Waals surface area contributed by atoms with Gasteiger partial charge in [-0.2, -0.15) is 11.8 Å². The van der Waals surface area contributed by atoms with Crippen molar-refractivity contribution in [3.63, 3.8) is 0 Å². The largest absolute Gasteiger partial charge is 0.394 e. The summed E-state index contributed by atoms with van der Waals surface area (Å²) in [6.07, 6.45) is -13.7. The minimum absolute atomic E-state index is 0.173. The van der Waals surface area contributed by atoms with Crippen LogP contribution in [-0.4, -0.2) is 248 Å². The Balaban J connectivity index is 1.53. The number of rotatable bonds is 28. The second kappa shape index (κ2) is 28.6. The smallest absolute Gasteiger partial charge is 0.186 e. The van der Waals surface area contributed by atoms with E-state index in [1.54, 1.807) is 6.08 Å². The van der Waals surface area contributed by atoms with Gasteiger partial charge in [0.05, 0.1) is 51.2 Å². The summed E-state index contributed by atoms with van der Waals surface area (Å²) in [6, 6.07) is 0. The second-order valence-corrected chi connectivity index (χ2v) is 18.7. The van der Waals surface area contributed by atoms with E-state index in [9.17, 15) is 56.2 Å². The summed E-state index contributed by atoms with van der Waals surface area (Å²) >= 11 is 9.48. The number of thiocarbonyl (C=S) groups is 1.